The summed E-state index contributed by atoms with van der Waals surface area (Å²) in [6, 6.07) is -0.742. The number of esters is 1. The van der Waals surface area contributed by atoms with E-state index in [0.29, 0.717) is 0 Å². The van der Waals surface area contributed by atoms with Gasteiger partial charge >= 0.3 is 5.97 Å². The molecule has 0 aromatic rings. The number of nitrogens with one attached hydrogen (secondary N) is 1. The van der Waals surface area contributed by atoms with Gasteiger partial charge in [-0.05, 0) is 26.7 Å². The molecule has 0 aliphatic carbocycles. The summed E-state index contributed by atoms with van der Waals surface area (Å²) in [4.78, 5) is 23.6. The molecule has 0 bridgehead atoms. The minimum Gasteiger partial charge on any atom is -0.461 e. The van der Waals surface area contributed by atoms with Crippen LogP contribution in [-0.4, -0.2) is 34.5 Å². The van der Waals surface area contributed by atoms with Gasteiger partial charge < -0.3 is 10.1 Å². The van der Waals surface area contributed by atoms with E-state index in [1.54, 1.807) is 13.8 Å². The van der Waals surface area contributed by atoms with Gasteiger partial charge in [-0.25, -0.2) is 4.79 Å². The fourth-order valence-corrected chi connectivity index (χ4v) is 1.22. The lowest BCUT2D eigenvalue weighted by atomic mass is 10.1. The highest BCUT2D eigenvalue weighted by Crippen LogP contribution is 2.13. The van der Waals surface area contributed by atoms with Crippen molar-refractivity contribution in [3.63, 3.8) is 0 Å². The van der Waals surface area contributed by atoms with Crippen LogP contribution in [0, 0.1) is 5.92 Å². The predicted molar refractivity (Wildman–Crippen MR) is 79.2 cm³/mol. The van der Waals surface area contributed by atoms with Gasteiger partial charge in [-0.2, -0.15) is 25.3 Å². The van der Waals surface area contributed by atoms with Crippen molar-refractivity contribution in [3.05, 3.63) is 0 Å². The van der Waals surface area contributed by atoms with Crippen LogP contribution < -0.4 is 5.32 Å². The summed E-state index contributed by atoms with van der Waals surface area (Å²) in [7, 11) is 0. The lowest BCUT2D eigenvalue weighted by molar-refractivity contribution is -0.153. The molecule has 0 spiro atoms. The number of ether oxygens (including phenoxy) is 1. The summed E-state index contributed by atoms with van der Waals surface area (Å²) in [6.07, 6.45) is -0.194. The Morgan fingerprint density at radius 3 is 2.11 bits per heavy atom. The average Bonchev–Trinajstić information content (AvgIpc) is 2.23. The molecule has 2 unspecified atom stereocenters. The van der Waals surface area contributed by atoms with Gasteiger partial charge in [0.15, 0.2) is 0 Å². The van der Waals surface area contributed by atoms with Crippen LogP contribution in [0.2, 0.25) is 0 Å². The van der Waals surface area contributed by atoms with Crippen molar-refractivity contribution < 1.29 is 14.3 Å². The molecule has 0 saturated carbocycles. The second-order valence-corrected chi connectivity index (χ2v) is 6.64. The van der Waals surface area contributed by atoms with E-state index in [1.807, 2.05) is 20.8 Å². The van der Waals surface area contributed by atoms with E-state index in [1.165, 1.54) is 0 Å². The maximum Gasteiger partial charge on any atom is 0.329 e. The second-order valence-electron chi connectivity index (χ2n) is 5.15. The molecule has 0 rings (SSSR count). The minimum atomic E-state index is -0.842. The first kappa shape index (κ1) is 17.6. The van der Waals surface area contributed by atoms with Crippen molar-refractivity contribution in [3.8, 4) is 0 Å². The summed E-state index contributed by atoms with van der Waals surface area (Å²) in [5, 5.41) is 2.58. The van der Waals surface area contributed by atoms with Gasteiger partial charge in [0.25, 0.3) is 0 Å². The standard InChI is InChI=1S/C12H23NO3S2/c1-7(2)8(3)16-10(14)9(6-17)13-11(15)12(4,5)18/h7-9,17-18H,6H2,1-5H3,(H,13,15). The van der Waals surface area contributed by atoms with Gasteiger partial charge in [-0.15, -0.1) is 0 Å². The van der Waals surface area contributed by atoms with E-state index < -0.39 is 16.8 Å². The number of carbonyl (C=O) groups is 2. The summed E-state index contributed by atoms with van der Waals surface area (Å²) in [6.45, 7) is 9.06. The first-order valence-electron chi connectivity index (χ1n) is 5.94. The molecule has 0 fully saturated rings. The van der Waals surface area contributed by atoms with Crippen LogP contribution in [0.1, 0.15) is 34.6 Å². The summed E-state index contributed by atoms with van der Waals surface area (Å²) >= 11 is 8.20. The number of carbonyl (C=O) groups excluding carboxylic acids is 2. The Kier molecular flexibility index (Phi) is 7.14. The van der Waals surface area contributed by atoms with Crippen LogP contribution in [0.3, 0.4) is 0 Å². The fourth-order valence-electron chi connectivity index (χ4n) is 0.915. The Hall–Kier alpha value is -0.360. The maximum absolute atomic E-state index is 11.8. The molecular weight excluding hydrogens is 270 g/mol. The van der Waals surface area contributed by atoms with E-state index in [-0.39, 0.29) is 23.7 Å². The molecule has 0 heterocycles. The molecule has 0 aromatic heterocycles. The predicted octanol–water partition coefficient (Wildman–Crippen LogP) is 1.70. The van der Waals surface area contributed by atoms with Crippen LogP contribution in [0.15, 0.2) is 0 Å². The van der Waals surface area contributed by atoms with Crippen LogP contribution in [-0.2, 0) is 14.3 Å². The van der Waals surface area contributed by atoms with E-state index in [4.69, 9.17) is 4.74 Å². The smallest absolute Gasteiger partial charge is 0.329 e. The molecule has 0 saturated heterocycles. The van der Waals surface area contributed by atoms with E-state index in [9.17, 15) is 9.59 Å². The highest BCUT2D eigenvalue weighted by atomic mass is 32.1. The molecule has 1 N–H and O–H groups in total. The van der Waals surface area contributed by atoms with Crippen LogP contribution in [0.5, 0.6) is 0 Å². The molecule has 2 atom stereocenters. The first-order valence-corrected chi connectivity index (χ1v) is 7.02. The van der Waals surface area contributed by atoms with E-state index in [2.05, 4.69) is 30.6 Å². The van der Waals surface area contributed by atoms with Crippen molar-refractivity contribution in [1.29, 1.82) is 0 Å². The van der Waals surface area contributed by atoms with Gasteiger partial charge in [0, 0.05) is 5.75 Å². The van der Waals surface area contributed by atoms with Gasteiger partial charge in [0.05, 0.1) is 4.75 Å². The lowest BCUT2D eigenvalue weighted by Gasteiger charge is -2.24. The molecule has 0 aromatic carbocycles. The number of hydrogen-bond acceptors (Lipinski definition) is 5. The summed E-state index contributed by atoms with van der Waals surface area (Å²) < 4.78 is 4.41. The van der Waals surface area contributed by atoms with Crippen LogP contribution in [0.25, 0.3) is 0 Å². The Bertz CT molecular complexity index is 300. The normalized spacial score (nSPS) is 15.1. The average molecular weight is 293 g/mol. The number of thiol groups is 2. The van der Waals surface area contributed by atoms with Crippen molar-refractivity contribution in [2.45, 2.75) is 51.5 Å². The fraction of sp³-hybridized carbons (Fsp3) is 0.833. The van der Waals surface area contributed by atoms with Crippen LogP contribution in [0.4, 0.5) is 0 Å². The topological polar surface area (TPSA) is 55.4 Å². The van der Waals surface area contributed by atoms with Crippen molar-refractivity contribution in [2.75, 3.05) is 5.75 Å². The van der Waals surface area contributed by atoms with Crippen molar-refractivity contribution in [2.24, 2.45) is 5.92 Å². The van der Waals surface area contributed by atoms with Crippen LogP contribution >= 0.6 is 25.3 Å². The van der Waals surface area contributed by atoms with Gasteiger partial charge in [-0.3, -0.25) is 4.79 Å². The SMILES string of the molecule is CC(C)C(C)OC(=O)C(CS)NC(=O)C(C)(C)S. The molecule has 0 aliphatic rings. The summed E-state index contributed by atoms with van der Waals surface area (Å²) in [5.41, 5.74) is 0. The molecule has 0 radical (unpaired) electrons. The highest BCUT2D eigenvalue weighted by molar-refractivity contribution is 7.82. The molecular formula is C12H23NO3S2. The lowest BCUT2D eigenvalue weighted by Crippen LogP contribution is -2.49. The zero-order chi connectivity index (χ0) is 14.5. The Labute approximate surface area is 120 Å². The third-order valence-corrected chi connectivity index (χ3v) is 3.14. The Morgan fingerprint density at radius 2 is 1.78 bits per heavy atom. The molecule has 4 nitrogen and oxygen atoms in total. The quantitative estimate of drug-likeness (QED) is 0.516. The Morgan fingerprint density at radius 1 is 1.28 bits per heavy atom. The highest BCUT2D eigenvalue weighted by Gasteiger charge is 2.29. The molecule has 1 amide bonds. The molecule has 18 heavy (non-hydrogen) atoms. The van der Waals surface area contributed by atoms with Gasteiger partial charge in [0.2, 0.25) is 5.91 Å². The van der Waals surface area contributed by atoms with Gasteiger partial charge in [-0.1, -0.05) is 13.8 Å². The number of hydrogen-bond donors (Lipinski definition) is 3. The molecule has 6 heteroatoms. The zero-order valence-corrected chi connectivity index (χ0v) is 13.3. The van der Waals surface area contributed by atoms with Crippen molar-refractivity contribution >= 4 is 37.1 Å². The van der Waals surface area contributed by atoms with Crippen molar-refractivity contribution in [1.82, 2.24) is 5.32 Å². The van der Waals surface area contributed by atoms with Gasteiger partial charge in [0.1, 0.15) is 12.1 Å². The van der Waals surface area contributed by atoms with E-state index in [0.717, 1.165) is 0 Å². The third kappa shape index (κ3) is 6.00. The Balaban J connectivity index is 4.51. The molecule has 0 aliphatic heterocycles. The maximum atomic E-state index is 11.8. The second kappa shape index (κ2) is 7.28. The largest absolute Gasteiger partial charge is 0.461 e. The van der Waals surface area contributed by atoms with E-state index >= 15 is 0 Å². The molecule has 106 valence electrons. The first-order chi connectivity index (χ1) is 8.09. The summed E-state index contributed by atoms with van der Waals surface area (Å²) in [5.74, 6) is -0.359. The number of amides is 1. The number of rotatable bonds is 6. The third-order valence-electron chi connectivity index (χ3n) is 2.57. The monoisotopic (exact) mass is 293 g/mol. The zero-order valence-electron chi connectivity index (χ0n) is 11.6. The minimum absolute atomic E-state index is 0.194.